The standard InChI is InChI=1S/C16H12Cl3NO/c1-10(20-15-9-13(18)6-7-14(15)19)8-16(21)11-2-4-12(17)5-3-11/h2-9,20H,1H3/b10-8+. The van der Waals surface area contributed by atoms with Crippen LogP contribution in [-0.4, -0.2) is 5.78 Å². The van der Waals surface area contributed by atoms with Crippen LogP contribution in [0.1, 0.15) is 17.3 Å². The number of hydrogen-bond acceptors (Lipinski definition) is 2. The number of halogens is 3. The molecule has 0 heterocycles. The molecule has 2 aromatic rings. The first kappa shape index (κ1) is 15.9. The van der Waals surface area contributed by atoms with Gasteiger partial charge in [-0.15, -0.1) is 0 Å². The smallest absolute Gasteiger partial charge is 0.187 e. The summed E-state index contributed by atoms with van der Waals surface area (Å²) in [5.41, 5.74) is 1.89. The third-order valence-corrected chi connectivity index (χ3v) is 3.55. The summed E-state index contributed by atoms with van der Waals surface area (Å²) in [4.78, 5) is 12.1. The first-order valence-corrected chi connectivity index (χ1v) is 7.29. The van der Waals surface area contributed by atoms with E-state index in [9.17, 15) is 4.79 Å². The molecular weight excluding hydrogens is 329 g/mol. The molecule has 0 spiro atoms. The van der Waals surface area contributed by atoms with Gasteiger partial charge in [-0.05, 0) is 49.4 Å². The van der Waals surface area contributed by atoms with Crippen LogP contribution >= 0.6 is 34.8 Å². The quantitative estimate of drug-likeness (QED) is 0.559. The Morgan fingerprint density at radius 3 is 2.29 bits per heavy atom. The fourth-order valence-electron chi connectivity index (χ4n) is 1.74. The van der Waals surface area contributed by atoms with Gasteiger partial charge in [-0.3, -0.25) is 4.79 Å². The van der Waals surface area contributed by atoms with Crippen LogP contribution in [0.5, 0.6) is 0 Å². The van der Waals surface area contributed by atoms with E-state index in [-0.39, 0.29) is 5.78 Å². The number of carbonyl (C=O) groups is 1. The molecule has 0 saturated carbocycles. The lowest BCUT2D eigenvalue weighted by Crippen LogP contribution is -2.01. The highest BCUT2D eigenvalue weighted by molar-refractivity contribution is 6.35. The summed E-state index contributed by atoms with van der Waals surface area (Å²) in [7, 11) is 0. The van der Waals surface area contributed by atoms with Crippen molar-refractivity contribution >= 4 is 46.3 Å². The van der Waals surface area contributed by atoms with Gasteiger partial charge in [0.1, 0.15) is 0 Å². The molecule has 0 unspecified atom stereocenters. The molecule has 2 rings (SSSR count). The molecule has 0 aliphatic carbocycles. The van der Waals surface area contributed by atoms with Crippen LogP contribution in [0.15, 0.2) is 54.2 Å². The summed E-state index contributed by atoms with van der Waals surface area (Å²) in [6, 6.07) is 11.8. The third kappa shape index (κ3) is 4.50. The minimum absolute atomic E-state index is 0.116. The van der Waals surface area contributed by atoms with E-state index in [0.29, 0.717) is 32.0 Å². The Morgan fingerprint density at radius 2 is 1.62 bits per heavy atom. The van der Waals surface area contributed by atoms with Crippen LogP contribution < -0.4 is 5.32 Å². The van der Waals surface area contributed by atoms with Gasteiger partial charge in [-0.2, -0.15) is 0 Å². The zero-order valence-corrected chi connectivity index (χ0v) is 13.4. The van der Waals surface area contributed by atoms with Crippen molar-refractivity contribution in [2.45, 2.75) is 6.92 Å². The average molecular weight is 341 g/mol. The molecule has 0 aliphatic heterocycles. The molecule has 108 valence electrons. The van der Waals surface area contributed by atoms with E-state index < -0.39 is 0 Å². The Labute approximate surface area is 138 Å². The lowest BCUT2D eigenvalue weighted by molar-refractivity contribution is 0.104. The Morgan fingerprint density at radius 1 is 1.00 bits per heavy atom. The van der Waals surface area contributed by atoms with Gasteiger partial charge >= 0.3 is 0 Å². The molecule has 2 nitrogen and oxygen atoms in total. The van der Waals surface area contributed by atoms with Crippen LogP contribution in [0.3, 0.4) is 0 Å². The van der Waals surface area contributed by atoms with Crippen LogP contribution in [-0.2, 0) is 0 Å². The number of rotatable bonds is 4. The van der Waals surface area contributed by atoms with E-state index in [1.165, 1.54) is 6.08 Å². The number of anilines is 1. The van der Waals surface area contributed by atoms with Gasteiger partial charge in [-0.25, -0.2) is 0 Å². The van der Waals surface area contributed by atoms with Gasteiger partial charge in [0.15, 0.2) is 5.78 Å². The van der Waals surface area contributed by atoms with E-state index in [1.54, 1.807) is 49.4 Å². The lowest BCUT2D eigenvalue weighted by Gasteiger charge is -2.09. The zero-order valence-electron chi connectivity index (χ0n) is 11.2. The van der Waals surface area contributed by atoms with Gasteiger partial charge in [0.05, 0.1) is 10.7 Å². The third-order valence-electron chi connectivity index (χ3n) is 2.74. The SMILES string of the molecule is C/C(=C\C(=O)c1ccc(Cl)cc1)Nc1cc(Cl)ccc1Cl. The van der Waals surface area contributed by atoms with Crippen molar-refractivity contribution in [1.29, 1.82) is 0 Å². The zero-order chi connectivity index (χ0) is 15.4. The molecule has 0 fully saturated rings. The van der Waals surface area contributed by atoms with E-state index >= 15 is 0 Å². The van der Waals surface area contributed by atoms with E-state index in [4.69, 9.17) is 34.8 Å². The molecule has 5 heteroatoms. The monoisotopic (exact) mass is 339 g/mol. The number of carbonyl (C=O) groups excluding carboxylic acids is 1. The normalized spacial score (nSPS) is 11.3. The molecule has 0 saturated heterocycles. The van der Waals surface area contributed by atoms with Gasteiger partial charge in [0, 0.05) is 27.4 Å². The van der Waals surface area contributed by atoms with Gasteiger partial charge < -0.3 is 5.32 Å². The summed E-state index contributed by atoms with van der Waals surface area (Å²) in [6.45, 7) is 1.78. The Bertz CT molecular complexity index is 693. The van der Waals surface area contributed by atoms with Crippen molar-refractivity contribution in [2.24, 2.45) is 0 Å². The largest absolute Gasteiger partial charge is 0.358 e. The van der Waals surface area contributed by atoms with E-state index in [2.05, 4.69) is 5.32 Å². The van der Waals surface area contributed by atoms with Gasteiger partial charge in [0.25, 0.3) is 0 Å². The van der Waals surface area contributed by atoms with Crippen molar-refractivity contribution in [2.75, 3.05) is 5.32 Å². The highest BCUT2D eigenvalue weighted by Crippen LogP contribution is 2.26. The highest BCUT2D eigenvalue weighted by Gasteiger charge is 2.05. The van der Waals surface area contributed by atoms with Crippen LogP contribution in [0, 0.1) is 0 Å². The molecule has 0 radical (unpaired) electrons. The molecule has 1 N–H and O–H groups in total. The van der Waals surface area contributed by atoms with Crippen LogP contribution in [0.25, 0.3) is 0 Å². The van der Waals surface area contributed by atoms with Gasteiger partial charge in [-0.1, -0.05) is 34.8 Å². The second kappa shape index (κ2) is 6.99. The summed E-state index contributed by atoms with van der Waals surface area (Å²) in [5.74, 6) is -0.116. The molecule has 2 aromatic carbocycles. The second-order valence-electron chi connectivity index (χ2n) is 4.45. The van der Waals surface area contributed by atoms with Crippen LogP contribution in [0.2, 0.25) is 15.1 Å². The van der Waals surface area contributed by atoms with Crippen molar-refractivity contribution in [3.63, 3.8) is 0 Å². The van der Waals surface area contributed by atoms with E-state index in [1.807, 2.05) is 0 Å². The van der Waals surface area contributed by atoms with Gasteiger partial charge in [0.2, 0.25) is 0 Å². The lowest BCUT2D eigenvalue weighted by atomic mass is 10.1. The van der Waals surface area contributed by atoms with Crippen molar-refractivity contribution < 1.29 is 4.79 Å². The predicted molar refractivity (Wildman–Crippen MR) is 89.6 cm³/mol. The number of hydrogen-bond donors (Lipinski definition) is 1. The topological polar surface area (TPSA) is 29.1 Å². The van der Waals surface area contributed by atoms with Crippen molar-refractivity contribution in [3.8, 4) is 0 Å². The van der Waals surface area contributed by atoms with Crippen LogP contribution in [0.4, 0.5) is 5.69 Å². The number of benzene rings is 2. The van der Waals surface area contributed by atoms with E-state index in [0.717, 1.165) is 0 Å². The number of ketones is 1. The summed E-state index contributed by atoms with van der Waals surface area (Å²) in [5, 5.41) is 4.76. The van der Waals surface area contributed by atoms with Crippen molar-refractivity contribution in [3.05, 3.63) is 74.9 Å². The molecule has 21 heavy (non-hydrogen) atoms. The molecule has 0 aliphatic rings. The maximum absolute atomic E-state index is 12.1. The predicted octanol–water partition coefficient (Wildman–Crippen LogP) is 5.85. The Kier molecular flexibility index (Phi) is 5.29. The fraction of sp³-hybridized carbons (Fsp3) is 0.0625. The molecule has 0 amide bonds. The maximum atomic E-state index is 12.1. The Balaban J connectivity index is 2.15. The molecule has 0 atom stereocenters. The molecule has 0 bridgehead atoms. The summed E-state index contributed by atoms with van der Waals surface area (Å²) >= 11 is 17.8. The molecular formula is C16H12Cl3NO. The molecule has 0 aromatic heterocycles. The second-order valence-corrected chi connectivity index (χ2v) is 5.73. The number of allylic oxidation sites excluding steroid dienone is 2. The average Bonchev–Trinajstić information content (AvgIpc) is 2.43. The first-order chi connectivity index (χ1) is 9.95. The van der Waals surface area contributed by atoms with Crippen molar-refractivity contribution in [1.82, 2.24) is 0 Å². The maximum Gasteiger partial charge on any atom is 0.187 e. The summed E-state index contributed by atoms with van der Waals surface area (Å²) in [6.07, 6.45) is 1.50. The number of nitrogens with one attached hydrogen (secondary N) is 1. The minimum Gasteiger partial charge on any atom is -0.358 e. The minimum atomic E-state index is -0.116. The fourth-order valence-corrected chi connectivity index (χ4v) is 2.20. The first-order valence-electron chi connectivity index (χ1n) is 6.16. The summed E-state index contributed by atoms with van der Waals surface area (Å²) < 4.78 is 0. The Hall–Kier alpha value is -1.48. The highest BCUT2D eigenvalue weighted by atomic mass is 35.5.